The number of aliphatic hydroxyl groups is 5. The van der Waals surface area contributed by atoms with Gasteiger partial charge in [0.05, 0.1) is 19.1 Å². The smallest absolute Gasteiger partial charge is 0.310 e. The summed E-state index contributed by atoms with van der Waals surface area (Å²) in [4.78, 5) is 11.3. The number of carbonyl (C=O) groups is 1. The van der Waals surface area contributed by atoms with E-state index in [4.69, 9.17) is 19.7 Å². The van der Waals surface area contributed by atoms with E-state index in [0.717, 1.165) is 0 Å². The zero-order valence-corrected chi connectivity index (χ0v) is 9.84. The zero-order valence-electron chi connectivity index (χ0n) is 9.84. The molecule has 1 aliphatic heterocycles. The molecule has 0 saturated carbocycles. The van der Waals surface area contributed by atoms with Gasteiger partial charge in [-0.2, -0.15) is 0 Å². The van der Waals surface area contributed by atoms with Crippen LogP contribution in [-0.2, 0) is 14.3 Å². The SMILES string of the molecule is CC(O)CC(=O)OC1O[C@H](CO)[C@@H](O)[C@H](O)[C@H]1O. The highest BCUT2D eigenvalue weighted by molar-refractivity contribution is 5.70. The average Bonchev–Trinajstić information content (AvgIpc) is 2.29. The van der Waals surface area contributed by atoms with Crippen LogP contribution in [0.1, 0.15) is 13.3 Å². The van der Waals surface area contributed by atoms with Crippen molar-refractivity contribution in [3.63, 3.8) is 0 Å². The minimum atomic E-state index is -1.62. The number of aliphatic hydroxyl groups excluding tert-OH is 5. The Hall–Kier alpha value is -0.770. The van der Waals surface area contributed by atoms with E-state index in [2.05, 4.69) is 0 Å². The number of esters is 1. The van der Waals surface area contributed by atoms with Gasteiger partial charge in [-0.1, -0.05) is 0 Å². The van der Waals surface area contributed by atoms with Crippen LogP contribution in [0.2, 0.25) is 0 Å². The van der Waals surface area contributed by atoms with Gasteiger partial charge >= 0.3 is 5.97 Å². The van der Waals surface area contributed by atoms with Crippen molar-refractivity contribution in [2.24, 2.45) is 0 Å². The molecule has 5 N–H and O–H groups in total. The molecule has 1 heterocycles. The molecule has 0 amide bonds. The Kier molecular flexibility index (Phi) is 5.45. The number of rotatable bonds is 4. The topological polar surface area (TPSA) is 137 Å². The molecular weight excluding hydrogens is 248 g/mol. The fourth-order valence-electron chi connectivity index (χ4n) is 1.58. The van der Waals surface area contributed by atoms with Crippen molar-refractivity contribution in [3.05, 3.63) is 0 Å². The second kappa shape index (κ2) is 6.41. The molecule has 1 rings (SSSR count). The first-order chi connectivity index (χ1) is 8.36. The number of hydrogen-bond acceptors (Lipinski definition) is 8. The van der Waals surface area contributed by atoms with Gasteiger partial charge in [0.15, 0.2) is 0 Å². The maximum atomic E-state index is 11.3. The third-order valence-corrected chi connectivity index (χ3v) is 2.56. The van der Waals surface area contributed by atoms with E-state index in [-0.39, 0.29) is 6.42 Å². The molecular formula is C10H18O8. The second-order valence-corrected chi connectivity index (χ2v) is 4.24. The Bertz CT molecular complexity index is 279. The molecule has 18 heavy (non-hydrogen) atoms. The summed E-state index contributed by atoms with van der Waals surface area (Å²) in [6.45, 7) is 0.782. The van der Waals surface area contributed by atoms with Crippen LogP contribution in [0.15, 0.2) is 0 Å². The molecule has 1 aliphatic rings. The fourth-order valence-corrected chi connectivity index (χ4v) is 1.58. The highest BCUT2D eigenvalue weighted by atomic mass is 16.7. The van der Waals surface area contributed by atoms with Crippen LogP contribution in [0.3, 0.4) is 0 Å². The lowest BCUT2D eigenvalue weighted by Crippen LogP contribution is -2.59. The largest absolute Gasteiger partial charge is 0.433 e. The van der Waals surface area contributed by atoms with Crippen LogP contribution in [-0.4, -0.2) is 74.9 Å². The number of hydrogen-bond donors (Lipinski definition) is 5. The summed E-state index contributed by atoms with van der Waals surface area (Å²) in [6, 6.07) is 0. The maximum Gasteiger partial charge on any atom is 0.310 e. The minimum Gasteiger partial charge on any atom is -0.433 e. The molecule has 0 aromatic carbocycles. The quantitative estimate of drug-likeness (QED) is 0.342. The van der Waals surface area contributed by atoms with Gasteiger partial charge in [-0.15, -0.1) is 0 Å². The van der Waals surface area contributed by atoms with E-state index in [1.54, 1.807) is 0 Å². The van der Waals surface area contributed by atoms with Crippen LogP contribution in [0.25, 0.3) is 0 Å². The number of carbonyl (C=O) groups excluding carboxylic acids is 1. The second-order valence-electron chi connectivity index (χ2n) is 4.24. The van der Waals surface area contributed by atoms with Crippen molar-refractivity contribution in [1.29, 1.82) is 0 Å². The summed E-state index contributed by atoms with van der Waals surface area (Å²) in [6.07, 6.45) is -8.56. The molecule has 0 spiro atoms. The van der Waals surface area contributed by atoms with Gasteiger partial charge < -0.3 is 35.0 Å². The van der Waals surface area contributed by atoms with Crippen LogP contribution in [0, 0.1) is 0 Å². The van der Waals surface area contributed by atoms with Crippen molar-refractivity contribution in [2.75, 3.05) is 6.61 Å². The lowest BCUT2D eigenvalue weighted by Gasteiger charge is -2.39. The molecule has 1 fully saturated rings. The summed E-state index contributed by atoms with van der Waals surface area (Å²) in [5.41, 5.74) is 0. The molecule has 0 aromatic rings. The maximum absolute atomic E-state index is 11.3. The van der Waals surface area contributed by atoms with E-state index in [0.29, 0.717) is 0 Å². The minimum absolute atomic E-state index is 0.297. The third-order valence-electron chi connectivity index (χ3n) is 2.56. The Labute approximate surface area is 103 Å². The van der Waals surface area contributed by atoms with Gasteiger partial charge in [0.1, 0.15) is 24.4 Å². The Morgan fingerprint density at radius 1 is 1.28 bits per heavy atom. The lowest BCUT2D eigenvalue weighted by molar-refractivity contribution is -0.293. The van der Waals surface area contributed by atoms with Crippen molar-refractivity contribution in [3.8, 4) is 0 Å². The molecule has 6 atom stereocenters. The first-order valence-electron chi connectivity index (χ1n) is 5.55. The summed E-state index contributed by atoms with van der Waals surface area (Å²) in [5, 5.41) is 46.3. The Balaban J connectivity index is 2.61. The first kappa shape index (κ1) is 15.3. The van der Waals surface area contributed by atoms with E-state index in [1.807, 2.05) is 0 Å². The van der Waals surface area contributed by atoms with Gasteiger partial charge in [-0.05, 0) is 6.92 Å². The van der Waals surface area contributed by atoms with Crippen molar-refractivity contribution in [2.45, 2.75) is 50.2 Å². The van der Waals surface area contributed by atoms with Crippen LogP contribution >= 0.6 is 0 Å². The van der Waals surface area contributed by atoms with Crippen LogP contribution in [0.4, 0.5) is 0 Å². The van der Waals surface area contributed by atoms with E-state index in [1.165, 1.54) is 6.92 Å². The molecule has 8 nitrogen and oxygen atoms in total. The average molecular weight is 266 g/mol. The predicted molar refractivity (Wildman–Crippen MR) is 56.2 cm³/mol. The third kappa shape index (κ3) is 3.61. The van der Waals surface area contributed by atoms with Gasteiger partial charge in [0.25, 0.3) is 0 Å². The Morgan fingerprint density at radius 2 is 1.89 bits per heavy atom. The Morgan fingerprint density at radius 3 is 2.39 bits per heavy atom. The van der Waals surface area contributed by atoms with Crippen molar-refractivity contribution < 1.29 is 39.8 Å². The molecule has 0 bridgehead atoms. The van der Waals surface area contributed by atoms with Gasteiger partial charge in [0, 0.05) is 0 Å². The normalized spacial score (nSPS) is 38.2. The summed E-state index contributed by atoms with van der Waals surface area (Å²) in [7, 11) is 0. The monoisotopic (exact) mass is 266 g/mol. The summed E-state index contributed by atoms with van der Waals surface area (Å²) in [5.74, 6) is -0.825. The van der Waals surface area contributed by atoms with Gasteiger partial charge in [0.2, 0.25) is 6.29 Å². The highest BCUT2D eigenvalue weighted by Gasteiger charge is 2.45. The number of ether oxygens (including phenoxy) is 2. The molecule has 2 unspecified atom stereocenters. The predicted octanol–water partition coefficient (Wildman–Crippen LogP) is -2.90. The van der Waals surface area contributed by atoms with E-state index in [9.17, 15) is 20.1 Å². The summed E-state index contributed by atoms with van der Waals surface area (Å²) >= 11 is 0. The van der Waals surface area contributed by atoms with E-state index < -0.39 is 49.4 Å². The first-order valence-corrected chi connectivity index (χ1v) is 5.55. The van der Waals surface area contributed by atoms with Crippen molar-refractivity contribution >= 4 is 5.97 Å². The molecule has 0 radical (unpaired) electrons. The molecule has 106 valence electrons. The van der Waals surface area contributed by atoms with E-state index >= 15 is 0 Å². The molecule has 1 saturated heterocycles. The molecule has 0 aromatic heterocycles. The van der Waals surface area contributed by atoms with Crippen LogP contribution in [0.5, 0.6) is 0 Å². The standard InChI is InChI=1S/C10H18O8/c1-4(12)2-6(13)18-10-9(16)8(15)7(14)5(3-11)17-10/h4-5,7-12,14-16H,2-3H2,1H3/t4?,5-,7-,8+,9-,10?/m1/s1. The molecule has 0 aliphatic carbocycles. The fraction of sp³-hybridized carbons (Fsp3) is 0.900. The van der Waals surface area contributed by atoms with Gasteiger partial charge in [-0.3, -0.25) is 4.79 Å². The highest BCUT2D eigenvalue weighted by Crippen LogP contribution is 2.22. The summed E-state index contributed by atoms with van der Waals surface area (Å²) < 4.78 is 9.66. The van der Waals surface area contributed by atoms with Crippen molar-refractivity contribution in [1.82, 2.24) is 0 Å². The zero-order chi connectivity index (χ0) is 13.9. The van der Waals surface area contributed by atoms with Gasteiger partial charge in [-0.25, -0.2) is 0 Å². The molecule has 8 heteroatoms. The lowest BCUT2D eigenvalue weighted by atomic mass is 9.99. The van der Waals surface area contributed by atoms with Crippen LogP contribution < -0.4 is 0 Å².